The van der Waals surface area contributed by atoms with Crippen molar-refractivity contribution in [2.45, 2.75) is 25.3 Å². The topological polar surface area (TPSA) is 78.2 Å². The number of rotatable bonds is 6. The van der Waals surface area contributed by atoms with Crippen LogP contribution in [0.2, 0.25) is 0 Å². The zero-order chi connectivity index (χ0) is 19.4. The van der Waals surface area contributed by atoms with Gasteiger partial charge in [-0.15, -0.1) is 0 Å². The number of hydrogen-bond donors (Lipinski definition) is 0. The normalized spacial score (nSPS) is 16.3. The Morgan fingerprint density at radius 1 is 1.15 bits per heavy atom. The van der Waals surface area contributed by atoms with Crippen LogP contribution in [0.4, 0.5) is 0 Å². The number of methoxy groups -OCH3 is 3. The number of furan rings is 1. The molecular formula is C20H23NO6. The Morgan fingerprint density at radius 2 is 1.96 bits per heavy atom. The molecule has 2 aromatic rings. The fourth-order valence-electron chi connectivity index (χ4n) is 3.33. The lowest BCUT2D eigenvalue weighted by Crippen LogP contribution is -2.40. The molecule has 2 heterocycles. The Bertz CT molecular complexity index is 828. The second kappa shape index (κ2) is 8.16. The average molecular weight is 373 g/mol. The van der Waals surface area contributed by atoms with E-state index in [1.165, 1.54) is 12.0 Å². The molecule has 0 saturated carbocycles. The fraction of sp³-hybridized carbons (Fsp3) is 0.400. The Morgan fingerprint density at radius 3 is 2.67 bits per heavy atom. The number of ether oxygens (including phenoxy) is 3. The number of nitrogens with zero attached hydrogens (tertiary/aromatic N) is 1. The molecule has 0 N–H and O–H groups in total. The van der Waals surface area contributed by atoms with E-state index >= 15 is 0 Å². The van der Waals surface area contributed by atoms with Crippen LogP contribution in [0.5, 0.6) is 11.5 Å². The van der Waals surface area contributed by atoms with Crippen molar-refractivity contribution < 1.29 is 28.2 Å². The number of benzene rings is 1. The lowest BCUT2D eigenvalue weighted by molar-refractivity contribution is -0.145. The molecule has 1 fully saturated rings. The van der Waals surface area contributed by atoms with Crippen LogP contribution in [0.25, 0.3) is 0 Å². The molecule has 144 valence electrons. The van der Waals surface area contributed by atoms with E-state index in [9.17, 15) is 9.59 Å². The van der Waals surface area contributed by atoms with Gasteiger partial charge in [-0.25, -0.2) is 4.79 Å². The summed E-state index contributed by atoms with van der Waals surface area (Å²) in [5.41, 5.74) is 0.888. The van der Waals surface area contributed by atoms with Gasteiger partial charge in [0.05, 0.1) is 21.3 Å². The lowest BCUT2D eigenvalue weighted by atomic mass is 10.1. The van der Waals surface area contributed by atoms with Crippen LogP contribution in [0, 0.1) is 0 Å². The molecular weight excluding hydrogens is 350 g/mol. The van der Waals surface area contributed by atoms with Crippen LogP contribution >= 0.6 is 0 Å². The maximum absolute atomic E-state index is 12.7. The third-order valence-electron chi connectivity index (χ3n) is 4.71. The van der Waals surface area contributed by atoms with Gasteiger partial charge in [-0.1, -0.05) is 0 Å². The van der Waals surface area contributed by atoms with Gasteiger partial charge in [-0.3, -0.25) is 4.79 Å². The van der Waals surface area contributed by atoms with Crippen molar-refractivity contribution in [3.63, 3.8) is 0 Å². The number of carbonyl (C=O) groups excluding carboxylic acids is 2. The Hall–Kier alpha value is -2.96. The van der Waals surface area contributed by atoms with Gasteiger partial charge < -0.3 is 23.5 Å². The lowest BCUT2D eigenvalue weighted by Gasteiger charge is -2.21. The van der Waals surface area contributed by atoms with Gasteiger partial charge in [0, 0.05) is 18.5 Å². The third kappa shape index (κ3) is 3.92. The number of likely N-dealkylation sites (tertiary alicyclic amines) is 1. The first-order valence-electron chi connectivity index (χ1n) is 8.75. The SMILES string of the molecule is COC(=O)C1CCCN1C(=O)c1ccc(Cc2cc(OC)ccc2OC)o1. The molecule has 1 aromatic carbocycles. The molecule has 0 bridgehead atoms. The zero-order valence-electron chi connectivity index (χ0n) is 15.7. The van der Waals surface area contributed by atoms with Crippen molar-refractivity contribution in [2.24, 2.45) is 0 Å². The zero-order valence-corrected chi connectivity index (χ0v) is 15.7. The molecule has 1 amide bonds. The van der Waals surface area contributed by atoms with Crippen molar-refractivity contribution >= 4 is 11.9 Å². The average Bonchev–Trinajstić information content (AvgIpc) is 3.36. The standard InChI is InChI=1S/C20H23NO6/c1-24-14-6-8-17(25-2)13(11-14)12-15-7-9-18(27-15)19(22)21-10-4-5-16(21)20(23)26-3/h6-9,11,16H,4-5,10,12H2,1-3H3. The molecule has 1 unspecified atom stereocenters. The summed E-state index contributed by atoms with van der Waals surface area (Å²) >= 11 is 0. The van der Waals surface area contributed by atoms with Crippen LogP contribution in [-0.2, 0) is 16.0 Å². The van der Waals surface area contributed by atoms with E-state index in [1.807, 2.05) is 18.2 Å². The Balaban J connectivity index is 1.77. The Labute approximate surface area is 157 Å². The predicted molar refractivity (Wildman–Crippen MR) is 97.1 cm³/mol. The number of carbonyl (C=O) groups is 2. The molecule has 1 aliphatic heterocycles. The number of amides is 1. The first kappa shape index (κ1) is 18.8. The van der Waals surface area contributed by atoms with Gasteiger partial charge in [0.1, 0.15) is 23.3 Å². The summed E-state index contributed by atoms with van der Waals surface area (Å²) in [4.78, 5) is 26.1. The molecule has 0 spiro atoms. The molecule has 0 aliphatic carbocycles. The van der Waals surface area contributed by atoms with E-state index in [0.717, 1.165) is 12.0 Å². The monoisotopic (exact) mass is 373 g/mol. The maximum Gasteiger partial charge on any atom is 0.328 e. The van der Waals surface area contributed by atoms with Crippen LogP contribution < -0.4 is 9.47 Å². The van der Waals surface area contributed by atoms with E-state index in [4.69, 9.17) is 18.6 Å². The maximum atomic E-state index is 12.7. The fourth-order valence-corrected chi connectivity index (χ4v) is 3.33. The van der Waals surface area contributed by atoms with Crippen molar-refractivity contribution in [2.75, 3.05) is 27.9 Å². The van der Waals surface area contributed by atoms with Crippen LogP contribution in [0.1, 0.15) is 34.7 Å². The summed E-state index contributed by atoms with van der Waals surface area (Å²) < 4.78 is 21.2. The van der Waals surface area contributed by atoms with Gasteiger partial charge in [0.2, 0.25) is 0 Å². The van der Waals surface area contributed by atoms with E-state index in [-0.39, 0.29) is 11.7 Å². The minimum Gasteiger partial charge on any atom is -0.497 e. The second-order valence-electron chi connectivity index (χ2n) is 6.30. The molecule has 7 heteroatoms. The highest BCUT2D eigenvalue weighted by Gasteiger charge is 2.36. The summed E-state index contributed by atoms with van der Waals surface area (Å²) in [5.74, 6) is 1.57. The first-order chi connectivity index (χ1) is 13.1. The van der Waals surface area contributed by atoms with E-state index in [2.05, 4.69) is 0 Å². The van der Waals surface area contributed by atoms with E-state index < -0.39 is 12.0 Å². The highest BCUT2D eigenvalue weighted by atomic mass is 16.5. The molecule has 0 radical (unpaired) electrons. The van der Waals surface area contributed by atoms with Crippen LogP contribution in [0.15, 0.2) is 34.7 Å². The van der Waals surface area contributed by atoms with Crippen LogP contribution in [-0.4, -0.2) is 50.7 Å². The van der Waals surface area contributed by atoms with Crippen LogP contribution in [0.3, 0.4) is 0 Å². The van der Waals surface area contributed by atoms with Gasteiger partial charge in [0.15, 0.2) is 5.76 Å². The molecule has 1 aliphatic rings. The van der Waals surface area contributed by atoms with Gasteiger partial charge >= 0.3 is 5.97 Å². The van der Waals surface area contributed by atoms with Gasteiger partial charge in [0.25, 0.3) is 5.91 Å². The van der Waals surface area contributed by atoms with Crippen molar-refractivity contribution in [3.05, 3.63) is 47.4 Å². The summed E-state index contributed by atoms with van der Waals surface area (Å²) in [6, 6.07) is 8.37. The number of esters is 1. The minimum absolute atomic E-state index is 0.211. The number of hydrogen-bond acceptors (Lipinski definition) is 6. The summed E-state index contributed by atoms with van der Waals surface area (Å²) in [6.45, 7) is 0.512. The van der Waals surface area contributed by atoms with Crippen molar-refractivity contribution in [3.8, 4) is 11.5 Å². The quantitative estimate of drug-likeness (QED) is 0.725. The summed E-state index contributed by atoms with van der Waals surface area (Å²) in [6.07, 6.45) is 1.82. The summed E-state index contributed by atoms with van der Waals surface area (Å²) in [5, 5.41) is 0. The highest BCUT2D eigenvalue weighted by molar-refractivity contribution is 5.95. The molecule has 7 nitrogen and oxygen atoms in total. The summed E-state index contributed by atoms with van der Waals surface area (Å²) in [7, 11) is 4.53. The van der Waals surface area contributed by atoms with Gasteiger partial charge in [-0.05, 0) is 43.2 Å². The molecule has 27 heavy (non-hydrogen) atoms. The third-order valence-corrected chi connectivity index (χ3v) is 4.71. The molecule has 1 aromatic heterocycles. The minimum atomic E-state index is -0.547. The van der Waals surface area contributed by atoms with E-state index in [0.29, 0.717) is 36.6 Å². The molecule has 3 rings (SSSR count). The second-order valence-corrected chi connectivity index (χ2v) is 6.30. The van der Waals surface area contributed by atoms with E-state index in [1.54, 1.807) is 26.4 Å². The highest BCUT2D eigenvalue weighted by Crippen LogP contribution is 2.28. The first-order valence-corrected chi connectivity index (χ1v) is 8.75. The predicted octanol–water partition coefficient (Wildman–Crippen LogP) is 2.67. The molecule has 1 saturated heterocycles. The van der Waals surface area contributed by atoms with Gasteiger partial charge in [-0.2, -0.15) is 0 Å². The smallest absolute Gasteiger partial charge is 0.328 e. The van der Waals surface area contributed by atoms with Crippen molar-refractivity contribution in [1.82, 2.24) is 4.90 Å². The Kier molecular flexibility index (Phi) is 5.69. The van der Waals surface area contributed by atoms with Crippen molar-refractivity contribution in [1.29, 1.82) is 0 Å². The largest absolute Gasteiger partial charge is 0.497 e. The molecule has 1 atom stereocenters.